The van der Waals surface area contributed by atoms with Crippen LogP contribution in [0.15, 0.2) is 12.2 Å². The molecule has 5 heteroatoms. The zero-order valence-electron chi connectivity index (χ0n) is 9.88. The lowest BCUT2D eigenvalue weighted by Crippen LogP contribution is -2.47. The maximum Gasteiger partial charge on any atom is 0.411 e. The maximum absolute atomic E-state index is 11.8. The molecule has 0 saturated carbocycles. The van der Waals surface area contributed by atoms with Gasteiger partial charge in [0.15, 0.2) is 0 Å². The second-order valence-corrected chi connectivity index (χ2v) is 4.77. The molecule has 0 bridgehead atoms. The summed E-state index contributed by atoms with van der Waals surface area (Å²) in [6, 6.07) is -0.820. The summed E-state index contributed by atoms with van der Waals surface area (Å²) in [6.45, 7) is 4.97. The summed E-state index contributed by atoms with van der Waals surface area (Å²) < 4.78 is 5.21. The second kappa shape index (κ2) is 4.84. The van der Waals surface area contributed by atoms with Crippen molar-refractivity contribution in [1.82, 2.24) is 4.90 Å². The smallest absolute Gasteiger partial charge is 0.411 e. The molecular weight excluding hydrogens is 210 g/mol. The van der Waals surface area contributed by atoms with Gasteiger partial charge in [0, 0.05) is 0 Å². The van der Waals surface area contributed by atoms with Crippen LogP contribution in [-0.2, 0) is 4.74 Å². The molecule has 2 unspecified atom stereocenters. The summed E-state index contributed by atoms with van der Waals surface area (Å²) in [4.78, 5) is 13.2. The molecule has 1 heterocycles. The van der Waals surface area contributed by atoms with Crippen LogP contribution in [-0.4, -0.2) is 52.1 Å². The Morgan fingerprint density at radius 2 is 1.69 bits per heavy atom. The highest BCUT2D eigenvalue weighted by molar-refractivity contribution is 5.70. The number of carbonyl (C=O) groups excluding carboxylic acids is 1. The zero-order chi connectivity index (χ0) is 12.3. The zero-order valence-corrected chi connectivity index (χ0v) is 9.88. The first-order valence-electron chi connectivity index (χ1n) is 5.30. The normalized spacial score (nSPS) is 24.9. The summed E-state index contributed by atoms with van der Waals surface area (Å²) in [5.41, 5.74) is -0.584. The summed E-state index contributed by atoms with van der Waals surface area (Å²) in [5, 5.41) is 18.2. The van der Waals surface area contributed by atoms with Crippen molar-refractivity contribution < 1.29 is 19.7 Å². The molecule has 2 N–H and O–H groups in total. The molecule has 0 saturated heterocycles. The quantitative estimate of drug-likeness (QED) is 0.677. The molecular formula is C11H19NO4. The highest BCUT2D eigenvalue weighted by Crippen LogP contribution is 2.20. The first kappa shape index (κ1) is 13.0. The third kappa shape index (κ3) is 2.96. The van der Waals surface area contributed by atoms with Crippen LogP contribution >= 0.6 is 0 Å². The van der Waals surface area contributed by atoms with Crippen molar-refractivity contribution in [2.75, 3.05) is 13.2 Å². The van der Waals surface area contributed by atoms with Gasteiger partial charge >= 0.3 is 6.09 Å². The van der Waals surface area contributed by atoms with E-state index in [0.29, 0.717) is 0 Å². The average molecular weight is 229 g/mol. The van der Waals surface area contributed by atoms with Crippen LogP contribution in [0.4, 0.5) is 4.79 Å². The van der Waals surface area contributed by atoms with Crippen LogP contribution in [0.1, 0.15) is 20.8 Å². The molecule has 0 radical (unpaired) electrons. The predicted octanol–water partition coefficient (Wildman–Crippen LogP) is 0.515. The van der Waals surface area contributed by atoms with Gasteiger partial charge in [0.25, 0.3) is 0 Å². The van der Waals surface area contributed by atoms with Crippen molar-refractivity contribution in [3.63, 3.8) is 0 Å². The van der Waals surface area contributed by atoms with E-state index in [1.807, 2.05) is 0 Å². The molecule has 0 aliphatic carbocycles. The van der Waals surface area contributed by atoms with Crippen molar-refractivity contribution in [2.45, 2.75) is 38.5 Å². The average Bonchev–Trinajstić information content (AvgIpc) is 2.57. The second-order valence-electron chi connectivity index (χ2n) is 4.77. The highest BCUT2D eigenvalue weighted by atomic mass is 16.6. The van der Waals surface area contributed by atoms with Crippen molar-refractivity contribution in [1.29, 1.82) is 0 Å². The van der Waals surface area contributed by atoms with Crippen LogP contribution in [0.5, 0.6) is 0 Å². The molecule has 1 aliphatic heterocycles. The largest absolute Gasteiger partial charge is 0.444 e. The molecule has 2 atom stereocenters. The third-order valence-corrected chi connectivity index (χ3v) is 2.25. The van der Waals surface area contributed by atoms with Crippen LogP contribution in [0.3, 0.4) is 0 Å². The number of aliphatic hydroxyl groups is 2. The van der Waals surface area contributed by atoms with Crippen molar-refractivity contribution >= 4 is 6.09 Å². The molecule has 92 valence electrons. The molecule has 0 aromatic heterocycles. The maximum atomic E-state index is 11.8. The summed E-state index contributed by atoms with van der Waals surface area (Å²) in [5.74, 6) is 0. The number of hydrogen-bond acceptors (Lipinski definition) is 4. The lowest BCUT2D eigenvalue weighted by molar-refractivity contribution is 0.00634. The van der Waals surface area contributed by atoms with E-state index in [4.69, 9.17) is 14.9 Å². The van der Waals surface area contributed by atoms with E-state index in [0.717, 1.165) is 0 Å². The van der Waals surface area contributed by atoms with Gasteiger partial charge in [-0.1, -0.05) is 12.2 Å². The number of ether oxygens (including phenoxy) is 1. The van der Waals surface area contributed by atoms with Crippen LogP contribution < -0.4 is 0 Å². The number of carbonyl (C=O) groups is 1. The van der Waals surface area contributed by atoms with Gasteiger partial charge in [0.05, 0.1) is 25.3 Å². The molecule has 0 aromatic carbocycles. The van der Waals surface area contributed by atoms with Gasteiger partial charge in [0.1, 0.15) is 5.60 Å². The SMILES string of the molecule is CC(C)(C)OC(=O)N1C(CO)C=CC1CO. The minimum absolute atomic E-state index is 0.174. The predicted molar refractivity (Wildman–Crippen MR) is 59.0 cm³/mol. The molecule has 1 amide bonds. The Labute approximate surface area is 95.3 Å². The van der Waals surface area contributed by atoms with Gasteiger partial charge in [-0.3, -0.25) is 4.90 Å². The Morgan fingerprint density at radius 3 is 2.00 bits per heavy atom. The number of nitrogens with zero attached hydrogens (tertiary/aromatic N) is 1. The minimum Gasteiger partial charge on any atom is -0.444 e. The van der Waals surface area contributed by atoms with Crippen LogP contribution in [0, 0.1) is 0 Å². The monoisotopic (exact) mass is 229 g/mol. The Bertz CT molecular complexity index is 268. The van der Waals surface area contributed by atoms with Crippen molar-refractivity contribution in [3.8, 4) is 0 Å². The van der Waals surface area contributed by atoms with E-state index in [-0.39, 0.29) is 13.2 Å². The molecule has 0 spiro atoms. The van der Waals surface area contributed by atoms with E-state index < -0.39 is 23.8 Å². The first-order chi connectivity index (χ1) is 7.39. The van der Waals surface area contributed by atoms with Gasteiger partial charge in [-0.25, -0.2) is 4.79 Å². The molecule has 1 aliphatic rings. The highest BCUT2D eigenvalue weighted by Gasteiger charge is 2.34. The van der Waals surface area contributed by atoms with E-state index >= 15 is 0 Å². The molecule has 0 aromatic rings. The van der Waals surface area contributed by atoms with E-state index in [1.54, 1.807) is 32.9 Å². The van der Waals surface area contributed by atoms with Gasteiger partial charge in [0.2, 0.25) is 0 Å². The van der Waals surface area contributed by atoms with E-state index in [1.165, 1.54) is 4.90 Å². The summed E-state index contributed by atoms with van der Waals surface area (Å²) >= 11 is 0. The molecule has 5 nitrogen and oxygen atoms in total. The Balaban J connectivity index is 2.72. The fraction of sp³-hybridized carbons (Fsp3) is 0.727. The van der Waals surface area contributed by atoms with Gasteiger partial charge < -0.3 is 14.9 Å². The number of hydrogen-bond donors (Lipinski definition) is 2. The van der Waals surface area contributed by atoms with Crippen LogP contribution in [0.2, 0.25) is 0 Å². The first-order valence-corrected chi connectivity index (χ1v) is 5.30. The topological polar surface area (TPSA) is 70.0 Å². The number of rotatable bonds is 2. The van der Waals surface area contributed by atoms with Gasteiger partial charge in [-0.2, -0.15) is 0 Å². The molecule has 1 rings (SSSR count). The van der Waals surface area contributed by atoms with E-state index in [2.05, 4.69) is 0 Å². The molecule has 0 fully saturated rings. The Morgan fingerprint density at radius 1 is 1.25 bits per heavy atom. The lowest BCUT2D eigenvalue weighted by Gasteiger charge is -2.31. The Hall–Kier alpha value is -1.07. The number of aliphatic hydroxyl groups excluding tert-OH is 2. The van der Waals surface area contributed by atoms with Gasteiger partial charge in [-0.05, 0) is 20.8 Å². The third-order valence-electron chi connectivity index (χ3n) is 2.25. The number of amides is 1. The van der Waals surface area contributed by atoms with Gasteiger partial charge in [-0.15, -0.1) is 0 Å². The van der Waals surface area contributed by atoms with Crippen LogP contribution in [0.25, 0.3) is 0 Å². The summed E-state index contributed by atoms with van der Waals surface area (Å²) in [7, 11) is 0. The fourth-order valence-corrected chi connectivity index (χ4v) is 1.57. The minimum atomic E-state index is -0.584. The van der Waals surface area contributed by atoms with E-state index in [9.17, 15) is 4.79 Å². The fourth-order valence-electron chi connectivity index (χ4n) is 1.57. The lowest BCUT2D eigenvalue weighted by atomic mass is 10.2. The summed E-state index contributed by atoms with van der Waals surface area (Å²) in [6.07, 6.45) is 2.88. The standard InChI is InChI=1S/C11H19NO4/c1-11(2,3)16-10(15)12-8(6-13)4-5-9(12)7-14/h4-5,8-9,13-14H,6-7H2,1-3H3. The molecule has 16 heavy (non-hydrogen) atoms. The van der Waals surface area contributed by atoms with Crippen molar-refractivity contribution in [2.24, 2.45) is 0 Å². The van der Waals surface area contributed by atoms with Crippen molar-refractivity contribution in [3.05, 3.63) is 12.2 Å². The Kier molecular flexibility index (Phi) is 3.93.